The number of amides is 2. The molecule has 0 aromatic heterocycles. The molecule has 0 spiro atoms. The minimum Gasteiger partial charge on any atom is -0.497 e. The first kappa shape index (κ1) is 22.1. The van der Waals surface area contributed by atoms with Gasteiger partial charge in [-0.25, -0.2) is 0 Å². The lowest BCUT2D eigenvalue weighted by atomic mass is 10.0. The summed E-state index contributed by atoms with van der Waals surface area (Å²) in [5, 5.41) is 6.34. The standard InChI is InChI=1S/C21H24Cl2N2O3/c1-13(2)10-19(25-20(26)17-9-6-15(22)11-18(17)23)21(27)24-12-14-4-7-16(28-3)8-5-14/h4-9,11,13,19H,10,12H2,1-3H3,(H,24,27)(H,25,26). The van der Waals surface area contributed by atoms with E-state index in [1.807, 2.05) is 38.1 Å². The number of rotatable bonds is 8. The Labute approximate surface area is 175 Å². The molecule has 0 radical (unpaired) electrons. The van der Waals surface area contributed by atoms with Crippen molar-refractivity contribution >= 4 is 35.0 Å². The normalized spacial score (nSPS) is 11.8. The quantitative estimate of drug-likeness (QED) is 0.659. The number of nitrogens with one attached hydrogen (secondary N) is 2. The molecular formula is C21H24Cl2N2O3. The second kappa shape index (κ2) is 10.3. The summed E-state index contributed by atoms with van der Waals surface area (Å²) in [6.45, 7) is 4.34. The highest BCUT2D eigenvalue weighted by Gasteiger charge is 2.23. The number of carbonyl (C=O) groups is 2. The van der Waals surface area contributed by atoms with E-state index in [-0.39, 0.29) is 22.4 Å². The summed E-state index contributed by atoms with van der Waals surface area (Å²) < 4.78 is 5.13. The van der Waals surface area contributed by atoms with Crippen LogP contribution in [0.4, 0.5) is 0 Å². The number of carbonyl (C=O) groups excluding carboxylic acids is 2. The fourth-order valence-corrected chi connectivity index (χ4v) is 3.16. The fourth-order valence-electron chi connectivity index (χ4n) is 2.67. The minimum absolute atomic E-state index is 0.220. The van der Waals surface area contributed by atoms with Gasteiger partial charge in [-0.1, -0.05) is 49.2 Å². The minimum atomic E-state index is -0.669. The summed E-state index contributed by atoms with van der Waals surface area (Å²) in [5.74, 6) is 0.312. The predicted octanol–water partition coefficient (Wildman–Crippen LogP) is 4.46. The molecule has 0 heterocycles. The molecular weight excluding hydrogens is 399 g/mol. The van der Waals surface area contributed by atoms with E-state index < -0.39 is 11.9 Å². The molecule has 2 aromatic carbocycles. The third-order valence-corrected chi connectivity index (χ3v) is 4.68. The molecule has 0 saturated heterocycles. The summed E-state index contributed by atoms with van der Waals surface area (Å²) >= 11 is 12.0. The van der Waals surface area contributed by atoms with E-state index in [1.165, 1.54) is 6.07 Å². The summed E-state index contributed by atoms with van der Waals surface area (Å²) in [5.41, 5.74) is 1.22. The lowest BCUT2D eigenvalue weighted by Crippen LogP contribution is -2.47. The van der Waals surface area contributed by atoms with E-state index in [0.717, 1.165) is 11.3 Å². The first-order valence-corrected chi connectivity index (χ1v) is 9.72. The molecule has 150 valence electrons. The van der Waals surface area contributed by atoms with Crippen molar-refractivity contribution in [2.45, 2.75) is 32.9 Å². The Morgan fingerprint density at radius 3 is 2.32 bits per heavy atom. The molecule has 0 bridgehead atoms. The van der Waals surface area contributed by atoms with Gasteiger partial charge in [0.1, 0.15) is 11.8 Å². The third kappa shape index (κ3) is 6.43. The van der Waals surface area contributed by atoms with Crippen molar-refractivity contribution in [2.75, 3.05) is 7.11 Å². The number of hydrogen-bond donors (Lipinski definition) is 2. The van der Waals surface area contributed by atoms with E-state index in [9.17, 15) is 9.59 Å². The zero-order chi connectivity index (χ0) is 20.7. The molecule has 0 aliphatic rings. The monoisotopic (exact) mass is 422 g/mol. The summed E-state index contributed by atoms with van der Waals surface area (Å²) in [7, 11) is 1.60. The Morgan fingerprint density at radius 2 is 1.75 bits per heavy atom. The van der Waals surface area contributed by atoms with Gasteiger partial charge < -0.3 is 15.4 Å². The summed E-state index contributed by atoms with van der Waals surface area (Å²) in [6.07, 6.45) is 0.505. The molecule has 0 fully saturated rings. The van der Waals surface area contributed by atoms with E-state index in [2.05, 4.69) is 10.6 Å². The number of halogens is 2. The molecule has 0 aliphatic heterocycles. The topological polar surface area (TPSA) is 67.4 Å². The van der Waals surface area contributed by atoms with Crippen LogP contribution in [0, 0.1) is 5.92 Å². The average molecular weight is 423 g/mol. The van der Waals surface area contributed by atoms with Gasteiger partial charge in [-0.05, 0) is 48.2 Å². The van der Waals surface area contributed by atoms with Crippen molar-refractivity contribution < 1.29 is 14.3 Å². The molecule has 2 amide bonds. The summed E-state index contributed by atoms with van der Waals surface area (Å²) in [4.78, 5) is 25.3. The van der Waals surface area contributed by atoms with Crippen LogP contribution in [0.1, 0.15) is 36.2 Å². The fraction of sp³-hybridized carbons (Fsp3) is 0.333. The molecule has 7 heteroatoms. The Hall–Kier alpha value is -2.24. The van der Waals surface area contributed by atoms with Gasteiger partial charge in [0.05, 0.1) is 17.7 Å². The second-order valence-corrected chi connectivity index (χ2v) is 7.69. The molecule has 2 aromatic rings. The Balaban J connectivity index is 2.04. The molecule has 0 saturated carbocycles. The van der Waals surface area contributed by atoms with Crippen LogP contribution < -0.4 is 15.4 Å². The zero-order valence-electron chi connectivity index (χ0n) is 16.1. The molecule has 2 rings (SSSR count). The second-order valence-electron chi connectivity index (χ2n) is 6.85. The van der Waals surface area contributed by atoms with Gasteiger partial charge in [-0.2, -0.15) is 0 Å². The number of benzene rings is 2. The van der Waals surface area contributed by atoms with Gasteiger partial charge in [0, 0.05) is 11.6 Å². The van der Waals surface area contributed by atoms with E-state index in [0.29, 0.717) is 18.0 Å². The van der Waals surface area contributed by atoms with Gasteiger partial charge in [0.2, 0.25) is 5.91 Å². The van der Waals surface area contributed by atoms with E-state index >= 15 is 0 Å². The van der Waals surface area contributed by atoms with Crippen LogP contribution >= 0.6 is 23.2 Å². The van der Waals surface area contributed by atoms with Gasteiger partial charge in [0.25, 0.3) is 5.91 Å². The molecule has 1 unspecified atom stereocenters. The smallest absolute Gasteiger partial charge is 0.253 e. The highest BCUT2D eigenvalue weighted by Crippen LogP contribution is 2.21. The van der Waals surface area contributed by atoms with Crippen molar-refractivity contribution in [3.8, 4) is 5.75 Å². The third-order valence-electron chi connectivity index (χ3n) is 4.13. The molecule has 5 nitrogen and oxygen atoms in total. The van der Waals surface area contributed by atoms with Crippen LogP contribution in [-0.4, -0.2) is 25.0 Å². The van der Waals surface area contributed by atoms with Crippen molar-refractivity contribution in [1.82, 2.24) is 10.6 Å². The van der Waals surface area contributed by atoms with Crippen LogP contribution in [0.5, 0.6) is 5.75 Å². The van der Waals surface area contributed by atoms with Crippen LogP contribution in [0.25, 0.3) is 0 Å². The zero-order valence-corrected chi connectivity index (χ0v) is 17.6. The van der Waals surface area contributed by atoms with Gasteiger partial charge in [-0.3, -0.25) is 9.59 Å². The summed E-state index contributed by atoms with van der Waals surface area (Å²) in [6, 6.07) is 11.4. The Morgan fingerprint density at radius 1 is 1.07 bits per heavy atom. The van der Waals surface area contributed by atoms with Crippen molar-refractivity contribution in [3.63, 3.8) is 0 Å². The molecule has 0 aliphatic carbocycles. The van der Waals surface area contributed by atoms with E-state index in [4.69, 9.17) is 27.9 Å². The highest BCUT2D eigenvalue weighted by atomic mass is 35.5. The first-order chi connectivity index (χ1) is 13.3. The maximum absolute atomic E-state index is 12.7. The van der Waals surface area contributed by atoms with Crippen LogP contribution in [0.2, 0.25) is 10.0 Å². The van der Waals surface area contributed by atoms with Gasteiger partial charge in [-0.15, -0.1) is 0 Å². The maximum Gasteiger partial charge on any atom is 0.253 e. The van der Waals surface area contributed by atoms with Gasteiger partial charge in [0.15, 0.2) is 0 Å². The molecule has 28 heavy (non-hydrogen) atoms. The lowest BCUT2D eigenvalue weighted by molar-refractivity contribution is -0.123. The number of hydrogen-bond acceptors (Lipinski definition) is 3. The van der Waals surface area contributed by atoms with Crippen LogP contribution in [0.15, 0.2) is 42.5 Å². The van der Waals surface area contributed by atoms with Crippen molar-refractivity contribution in [1.29, 1.82) is 0 Å². The van der Waals surface area contributed by atoms with Gasteiger partial charge >= 0.3 is 0 Å². The van der Waals surface area contributed by atoms with Crippen molar-refractivity contribution in [3.05, 3.63) is 63.6 Å². The highest BCUT2D eigenvalue weighted by molar-refractivity contribution is 6.36. The largest absolute Gasteiger partial charge is 0.497 e. The SMILES string of the molecule is COc1ccc(CNC(=O)C(CC(C)C)NC(=O)c2ccc(Cl)cc2Cl)cc1. The molecule has 2 N–H and O–H groups in total. The van der Waals surface area contributed by atoms with Crippen LogP contribution in [0.3, 0.4) is 0 Å². The number of methoxy groups -OCH3 is 1. The van der Waals surface area contributed by atoms with E-state index in [1.54, 1.807) is 19.2 Å². The van der Waals surface area contributed by atoms with Crippen LogP contribution in [-0.2, 0) is 11.3 Å². The average Bonchev–Trinajstić information content (AvgIpc) is 2.65. The first-order valence-electron chi connectivity index (χ1n) is 8.96. The van der Waals surface area contributed by atoms with Crippen molar-refractivity contribution in [2.24, 2.45) is 5.92 Å². The number of ether oxygens (including phenoxy) is 1. The lowest BCUT2D eigenvalue weighted by Gasteiger charge is -2.20. The Kier molecular flexibility index (Phi) is 8.15. The predicted molar refractivity (Wildman–Crippen MR) is 112 cm³/mol. The Bertz CT molecular complexity index is 823. The maximum atomic E-state index is 12.7. The molecule has 1 atom stereocenters.